The third kappa shape index (κ3) is 3.76. The summed E-state index contributed by atoms with van der Waals surface area (Å²) in [6.45, 7) is 0.404. The molecule has 1 amide bonds. The van der Waals surface area contributed by atoms with Crippen molar-refractivity contribution in [2.24, 2.45) is 5.73 Å². The number of nitrogens with zero attached hydrogens (tertiary/aromatic N) is 1. The highest BCUT2D eigenvalue weighted by Crippen LogP contribution is 2.22. The summed E-state index contributed by atoms with van der Waals surface area (Å²) in [6, 6.07) is 0.427. The van der Waals surface area contributed by atoms with E-state index in [-0.39, 0.29) is 12.0 Å². The van der Waals surface area contributed by atoms with Gasteiger partial charge in [-0.2, -0.15) is 0 Å². The number of amides is 1. The van der Waals surface area contributed by atoms with Crippen molar-refractivity contribution in [1.29, 1.82) is 0 Å². The number of carbonyl (C=O) groups excluding carboxylic acids is 1. The van der Waals surface area contributed by atoms with Gasteiger partial charge in [0.2, 0.25) is 5.91 Å². The zero-order chi connectivity index (χ0) is 12.0. The maximum Gasteiger partial charge on any atom is 0.225 e. The topological polar surface area (TPSA) is 55.6 Å². The molecular formula is C12H24N2O2. The minimum absolute atomic E-state index is 0.140. The fourth-order valence-corrected chi connectivity index (χ4v) is 2.27. The highest BCUT2D eigenvalue weighted by atomic mass is 16.5. The van der Waals surface area contributed by atoms with Crippen molar-refractivity contribution in [3.05, 3.63) is 0 Å². The van der Waals surface area contributed by atoms with Gasteiger partial charge in [0.1, 0.15) is 0 Å². The predicted octanol–water partition coefficient (Wildman–Crippen LogP) is 1.14. The van der Waals surface area contributed by atoms with Crippen molar-refractivity contribution in [3.8, 4) is 0 Å². The predicted molar refractivity (Wildman–Crippen MR) is 64.1 cm³/mol. The van der Waals surface area contributed by atoms with Gasteiger partial charge in [0.25, 0.3) is 0 Å². The summed E-state index contributed by atoms with van der Waals surface area (Å²) in [4.78, 5) is 13.9. The van der Waals surface area contributed by atoms with E-state index in [4.69, 9.17) is 10.5 Å². The molecular weight excluding hydrogens is 204 g/mol. The van der Waals surface area contributed by atoms with Gasteiger partial charge in [-0.25, -0.2) is 0 Å². The Labute approximate surface area is 98.1 Å². The van der Waals surface area contributed by atoms with E-state index < -0.39 is 0 Å². The normalized spacial score (nSPS) is 19.4. The summed E-state index contributed by atoms with van der Waals surface area (Å²) in [7, 11) is 3.51. The second-order valence-corrected chi connectivity index (χ2v) is 4.59. The molecule has 1 fully saturated rings. The number of methoxy groups -OCH3 is 1. The molecule has 0 aromatic rings. The molecule has 2 N–H and O–H groups in total. The Balaban J connectivity index is 2.39. The smallest absolute Gasteiger partial charge is 0.225 e. The second kappa shape index (κ2) is 6.86. The molecule has 1 aliphatic carbocycles. The van der Waals surface area contributed by atoms with Crippen LogP contribution in [0.25, 0.3) is 0 Å². The number of carbonyl (C=O) groups is 1. The van der Waals surface area contributed by atoms with Gasteiger partial charge in [-0.15, -0.1) is 0 Å². The zero-order valence-electron chi connectivity index (χ0n) is 10.4. The van der Waals surface area contributed by atoms with Crippen LogP contribution in [0, 0.1) is 0 Å². The Kier molecular flexibility index (Phi) is 5.77. The summed E-state index contributed by atoms with van der Waals surface area (Å²) >= 11 is 0. The van der Waals surface area contributed by atoms with Crippen molar-refractivity contribution in [2.75, 3.05) is 20.7 Å². The summed E-state index contributed by atoms with van der Waals surface area (Å²) in [5.41, 5.74) is 5.51. The van der Waals surface area contributed by atoms with Crippen LogP contribution in [0.3, 0.4) is 0 Å². The minimum atomic E-state index is -0.140. The molecule has 4 heteroatoms. The first-order valence-corrected chi connectivity index (χ1v) is 6.17. The molecule has 1 rings (SSSR count). The van der Waals surface area contributed by atoms with Crippen molar-refractivity contribution in [1.82, 2.24) is 4.90 Å². The van der Waals surface area contributed by atoms with Crippen LogP contribution in [-0.4, -0.2) is 43.7 Å². The monoisotopic (exact) mass is 228 g/mol. The highest BCUT2D eigenvalue weighted by molar-refractivity contribution is 5.76. The molecule has 0 spiro atoms. The van der Waals surface area contributed by atoms with E-state index in [9.17, 15) is 4.79 Å². The Morgan fingerprint density at radius 3 is 2.56 bits per heavy atom. The Morgan fingerprint density at radius 1 is 1.44 bits per heavy atom. The van der Waals surface area contributed by atoms with E-state index in [2.05, 4.69) is 0 Å². The quantitative estimate of drug-likeness (QED) is 0.767. The molecule has 16 heavy (non-hydrogen) atoms. The third-order valence-corrected chi connectivity index (χ3v) is 3.51. The lowest BCUT2D eigenvalue weighted by molar-refractivity contribution is -0.135. The van der Waals surface area contributed by atoms with Crippen LogP contribution in [0.15, 0.2) is 0 Å². The molecule has 0 aromatic carbocycles. The maximum atomic E-state index is 12.0. The van der Waals surface area contributed by atoms with Gasteiger partial charge in [-0.05, 0) is 12.8 Å². The first-order chi connectivity index (χ1) is 7.69. The van der Waals surface area contributed by atoms with E-state index in [0.717, 1.165) is 12.8 Å². The van der Waals surface area contributed by atoms with E-state index in [1.54, 1.807) is 7.11 Å². The molecule has 1 aliphatic rings. The number of nitrogens with two attached hydrogens (primary N) is 1. The van der Waals surface area contributed by atoms with Crippen LogP contribution >= 0.6 is 0 Å². The molecule has 0 bridgehead atoms. The van der Waals surface area contributed by atoms with E-state index in [1.165, 1.54) is 19.3 Å². The average Bonchev–Trinajstić information content (AvgIpc) is 2.35. The Morgan fingerprint density at radius 2 is 2.06 bits per heavy atom. The van der Waals surface area contributed by atoms with Crippen LogP contribution in [0.4, 0.5) is 0 Å². The van der Waals surface area contributed by atoms with Crippen molar-refractivity contribution >= 4 is 5.91 Å². The molecule has 94 valence electrons. The summed E-state index contributed by atoms with van der Waals surface area (Å²) < 4.78 is 5.14. The zero-order valence-corrected chi connectivity index (χ0v) is 10.4. The van der Waals surface area contributed by atoms with Gasteiger partial charge in [0.15, 0.2) is 0 Å². The largest absolute Gasteiger partial charge is 0.380 e. The molecule has 0 saturated heterocycles. The van der Waals surface area contributed by atoms with Gasteiger partial charge >= 0.3 is 0 Å². The molecule has 0 radical (unpaired) electrons. The molecule has 1 unspecified atom stereocenters. The van der Waals surface area contributed by atoms with Crippen LogP contribution in [-0.2, 0) is 9.53 Å². The van der Waals surface area contributed by atoms with Crippen LogP contribution in [0.2, 0.25) is 0 Å². The minimum Gasteiger partial charge on any atom is -0.380 e. The number of rotatable bonds is 5. The number of ether oxygens (including phenoxy) is 1. The van der Waals surface area contributed by atoms with E-state index in [0.29, 0.717) is 19.0 Å². The summed E-state index contributed by atoms with van der Waals surface area (Å²) in [5.74, 6) is 0.157. The summed E-state index contributed by atoms with van der Waals surface area (Å²) in [6.07, 6.45) is 6.34. The third-order valence-electron chi connectivity index (χ3n) is 3.51. The lowest BCUT2D eigenvalue weighted by Crippen LogP contribution is -2.40. The SMILES string of the molecule is COC(CN)CC(=O)N(C)C1CCCCC1. The van der Waals surface area contributed by atoms with Gasteiger partial charge in [-0.1, -0.05) is 19.3 Å². The van der Waals surface area contributed by atoms with Gasteiger partial charge < -0.3 is 15.4 Å². The van der Waals surface area contributed by atoms with Crippen LogP contribution in [0.5, 0.6) is 0 Å². The standard InChI is InChI=1S/C12H24N2O2/c1-14(10-6-4-3-5-7-10)12(15)8-11(9-13)16-2/h10-11H,3-9,13H2,1-2H3. The van der Waals surface area contributed by atoms with Crippen LogP contribution < -0.4 is 5.73 Å². The second-order valence-electron chi connectivity index (χ2n) is 4.59. The van der Waals surface area contributed by atoms with E-state index >= 15 is 0 Å². The maximum absolute atomic E-state index is 12.0. The molecule has 0 aromatic heterocycles. The lowest BCUT2D eigenvalue weighted by Gasteiger charge is -2.32. The van der Waals surface area contributed by atoms with Crippen LogP contribution in [0.1, 0.15) is 38.5 Å². The fraction of sp³-hybridized carbons (Fsp3) is 0.917. The van der Waals surface area contributed by atoms with Crippen molar-refractivity contribution < 1.29 is 9.53 Å². The Bertz CT molecular complexity index is 211. The molecule has 0 aliphatic heterocycles. The van der Waals surface area contributed by atoms with Crippen molar-refractivity contribution in [3.63, 3.8) is 0 Å². The number of hydrogen-bond acceptors (Lipinski definition) is 3. The first kappa shape index (κ1) is 13.5. The molecule has 4 nitrogen and oxygen atoms in total. The average molecular weight is 228 g/mol. The van der Waals surface area contributed by atoms with Gasteiger partial charge in [0, 0.05) is 26.7 Å². The molecule has 0 heterocycles. The molecule has 1 saturated carbocycles. The highest BCUT2D eigenvalue weighted by Gasteiger charge is 2.23. The van der Waals surface area contributed by atoms with Gasteiger partial charge in [-0.3, -0.25) is 4.79 Å². The Hall–Kier alpha value is -0.610. The fourth-order valence-electron chi connectivity index (χ4n) is 2.27. The van der Waals surface area contributed by atoms with E-state index in [1.807, 2.05) is 11.9 Å². The number of hydrogen-bond donors (Lipinski definition) is 1. The molecule has 1 atom stereocenters. The first-order valence-electron chi connectivity index (χ1n) is 6.17. The van der Waals surface area contributed by atoms with Crippen molar-refractivity contribution in [2.45, 2.75) is 50.7 Å². The van der Waals surface area contributed by atoms with Gasteiger partial charge in [0.05, 0.1) is 12.5 Å². The summed E-state index contributed by atoms with van der Waals surface area (Å²) in [5, 5.41) is 0. The lowest BCUT2D eigenvalue weighted by atomic mass is 9.94.